The number of amides is 1. The molecular formula is C13H12ClF2N3O. The fourth-order valence-corrected chi connectivity index (χ4v) is 2.07. The number of rotatable bonds is 2. The van der Waals surface area contributed by atoms with Crippen molar-refractivity contribution < 1.29 is 13.6 Å². The predicted octanol–water partition coefficient (Wildman–Crippen LogP) is 3.22. The first-order valence-corrected chi connectivity index (χ1v) is 6.15. The fourth-order valence-electron chi connectivity index (χ4n) is 1.83. The zero-order valence-corrected chi connectivity index (χ0v) is 11.8. The van der Waals surface area contributed by atoms with Crippen molar-refractivity contribution in [2.24, 2.45) is 7.05 Å². The van der Waals surface area contributed by atoms with Gasteiger partial charge in [-0.3, -0.25) is 9.48 Å². The van der Waals surface area contributed by atoms with Crippen LogP contribution in [0.15, 0.2) is 12.1 Å². The van der Waals surface area contributed by atoms with Gasteiger partial charge >= 0.3 is 0 Å². The van der Waals surface area contributed by atoms with Gasteiger partial charge in [-0.2, -0.15) is 5.10 Å². The van der Waals surface area contributed by atoms with Crippen LogP contribution in [0.3, 0.4) is 0 Å². The first-order valence-electron chi connectivity index (χ1n) is 5.77. The minimum absolute atomic E-state index is 0.131. The molecule has 20 heavy (non-hydrogen) atoms. The van der Waals surface area contributed by atoms with Crippen molar-refractivity contribution >= 4 is 23.2 Å². The number of nitrogens with one attached hydrogen (secondary N) is 1. The summed E-state index contributed by atoms with van der Waals surface area (Å²) < 4.78 is 27.8. The Morgan fingerprint density at radius 1 is 1.30 bits per heavy atom. The third kappa shape index (κ3) is 2.51. The van der Waals surface area contributed by atoms with E-state index in [4.69, 9.17) is 11.6 Å². The summed E-state index contributed by atoms with van der Waals surface area (Å²) in [6.45, 7) is 3.51. The summed E-state index contributed by atoms with van der Waals surface area (Å²) in [5.41, 5.74) is 1.76. The number of aromatic nitrogens is 2. The van der Waals surface area contributed by atoms with Crippen LogP contribution in [0.25, 0.3) is 0 Å². The van der Waals surface area contributed by atoms with Crippen molar-refractivity contribution in [3.05, 3.63) is 45.7 Å². The Bertz CT molecular complexity index is 697. The van der Waals surface area contributed by atoms with Crippen LogP contribution in [0.5, 0.6) is 0 Å². The van der Waals surface area contributed by atoms with Crippen molar-refractivity contribution in [3.8, 4) is 0 Å². The Morgan fingerprint density at radius 3 is 2.45 bits per heavy atom. The van der Waals surface area contributed by atoms with Crippen molar-refractivity contribution in [3.63, 3.8) is 0 Å². The maximum Gasteiger partial charge on any atom is 0.257 e. The lowest BCUT2D eigenvalue weighted by atomic mass is 10.2. The van der Waals surface area contributed by atoms with Crippen LogP contribution >= 0.6 is 11.6 Å². The van der Waals surface area contributed by atoms with E-state index in [0.29, 0.717) is 11.4 Å². The highest BCUT2D eigenvalue weighted by Crippen LogP contribution is 2.23. The van der Waals surface area contributed by atoms with Crippen LogP contribution in [-0.2, 0) is 7.05 Å². The zero-order valence-electron chi connectivity index (χ0n) is 11.1. The molecule has 1 amide bonds. The van der Waals surface area contributed by atoms with Gasteiger partial charge in [0.15, 0.2) is 11.6 Å². The second-order valence-corrected chi connectivity index (χ2v) is 4.78. The van der Waals surface area contributed by atoms with Crippen molar-refractivity contribution in [2.45, 2.75) is 13.8 Å². The molecule has 0 aliphatic heterocycles. The quantitative estimate of drug-likeness (QED) is 0.866. The molecule has 106 valence electrons. The van der Waals surface area contributed by atoms with E-state index in [-0.39, 0.29) is 10.6 Å². The van der Waals surface area contributed by atoms with E-state index in [0.717, 1.165) is 17.8 Å². The van der Waals surface area contributed by atoms with Crippen LogP contribution in [0, 0.1) is 25.5 Å². The number of hydrogen-bond acceptors (Lipinski definition) is 2. The summed E-state index contributed by atoms with van der Waals surface area (Å²) in [5, 5.41) is 6.60. The van der Waals surface area contributed by atoms with E-state index in [2.05, 4.69) is 10.4 Å². The Kier molecular flexibility index (Phi) is 3.76. The van der Waals surface area contributed by atoms with E-state index in [1.165, 1.54) is 0 Å². The normalized spacial score (nSPS) is 10.7. The van der Waals surface area contributed by atoms with Crippen LogP contribution in [0.2, 0.25) is 5.02 Å². The molecule has 0 unspecified atom stereocenters. The van der Waals surface area contributed by atoms with Gasteiger partial charge in [-0.1, -0.05) is 11.6 Å². The molecule has 1 aromatic heterocycles. The molecule has 2 aromatic rings. The Hall–Kier alpha value is -1.95. The monoisotopic (exact) mass is 299 g/mol. The summed E-state index contributed by atoms with van der Waals surface area (Å²) in [4.78, 5) is 12.1. The minimum atomic E-state index is -1.13. The largest absolute Gasteiger partial charge is 0.319 e. The highest BCUT2D eigenvalue weighted by atomic mass is 35.5. The van der Waals surface area contributed by atoms with Gasteiger partial charge in [0.25, 0.3) is 5.91 Å². The number of carbonyl (C=O) groups is 1. The molecule has 1 aromatic carbocycles. The van der Waals surface area contributed by atoms with E-state index in [9.17, 15) is 13.6 Å². The van der Waals surface area contributed by atoms with Gasteiger partial charge < -0.3 is 5.32 Å². The molecule has 0 saturated carbocycles. The molecule has 0 fully saturated rings. The number of halogens is 3. The maximum atomic E-state index is 13.2. The smallest absolute Gasteiger partial charge is 0.257 e. The van der Waals surface area contributed by atoms with Gasteiger partial charge in [0.2, 0.25) is 0 Å². The van der Waals surface area contributed by atoms with Crippen molar-refractivity contribution in [2.75, 3.05) is 5.32 Å². The molecule has 0 atom stereocenters. The van der Waals surface area contributed by atoms with Gasteiger partial charge in [0.05, 0.1) is 27.7 Å². The van der Waals surface area contributed by atoms with Crippen molar-refractivity contribution in [1.29, 1.82) is 0 Å². The van der Waals surface area contributed by atoms with Crippen LogP contribution in [0.1, 0.15) is 21.7 Å². The summed E-state index contributed by atoms with van der Waals surface area (Å²) in [7, 11) is 1.74. The molecule has 1 N–H and O–H groups in total. The van der Waals surface area contributed by atoms with Crippen LogP contribution in [-0.4, -0.2) is 15.7 Å². The average molecular weight is 300 g/mol. The first kappa shape index (κ1) is 14.5. The third-order valence-corrected chi connectivity index (χ3v) is 3.31. The van der Waals surface area contributed by atoms with E-state index in [1.54, 1.807) is 25.6 Å². The van der Waals surface area contributed by atoms with E-state index in [1.807, 2.05) is 0 Å². The maximum absolute atomic E-state index is 13.2. The second-order valence-electron chi connectivity index (χ2n) is 4.37. The summed E-state index contributed by atoms with van der Waals surface area (Å²) in [6.07, 6.45) is 0. The first-order chi connectivity index (χ1) is 9.31. The fraction of sp³-hybridized carbons (Fsp3) is 0.231. The summed E-state index contributed by atoms with van der Waals surface area (Å²) in [6, 6.07) is 1.54. The summed E-state index contributed by atoms with van der Waals surface area (Å²) in [5.74, 6) is -2.84. The van der Waals surface area contributed by atoms with Gasteiger partial charge in [-0.15, -0.1) is 0 Å². The molecule has 4 nitrogen and oxygen atoms in total. The Morgan fingerprint density at radius 2 is 1.90 bits per heavy atom. The number of hydrogen-bond donors (Lipinski definition) is 1. The average Bonchev–Trinajstić information content (AvgIpc) is 2.60. The molecule has 2 rings (SSSR count). The minimum Gasteiger partial charge on any atom is -0.319 e. The third-order valence-electron chi connectivity index (χ3n) is 3.00. The molecule has 0 saturated heterocycles. The van der Waals surface area contributed by atoms with Crippen LogP contribution in [0.4, 0.5) is 14.5 Å². The lowest BCUT2D eigenvalue weighted by Crippen LogP contribution is -2.14. The Labute approximate surface area is 119 Å². The van der Waals surface area contributed by atoms with Crippen molar-refractivity contribution in [1.82, 2.24) is 9.78 Å². The molecule has 0 aliphatic rings. The molecular weight excluding hydrogens is 288 g/mol. The molecule has 7 heteroatoms. The van der Waals surface area contributed by atoms with Gasteiger partial charge in [-0.25, -0.2) is 8.78 Å². The standard InChI is InChI=1S/C13H12ClF2N3O/c1-6-12(7(2)19(3)18-6)17-13(20)8-4-10(15)11(16)5-9(8)14/h4-5H,1-3H3,(H,17,20). The lowest BCUT2D eigenvalue weighted by Gasteiger charge is -2.08. The molecule has 0 aliphatic carbocycles. The Balaban J connectivity index is 2.36. The highest BCUT2D eigenvalue weighted by molar-refractivity contribution is 6.34. The number of benzene rings is 1. The van der Waals surface area contributed by atoms with Crippen LogP contribution < -0.4 is 5.32 Å². The number of anilines is 1. The van der Waals surface area contributed by atoms with E-state index >= 15 is 0 Å². The van der Waals surface area contributed by atoms with Gasteiger partial charge in [-0.05, 0) is 26.0 Å². The highest BCUT2D eigenvalue weighted by Gasteiger charge is 2.18. The second kappa shape index (κ2) is 5.20. The SMILES string of the molecule is Cc1nn(C)c(C)c1NC(=O)c1cc(F)c(F)cc1Cl. The number of carbonyl (C=O) groups excluding carboxylic acids is 1. The lowest BCUT2D eigenvalue weighted by molar-refractivity contribution is 0.102. The number of aryl methyl sites for hydroxylation is 2. The van der Waals surface area contributed by atoms with Gasteiger partial charge in [0.1, 0.15) is 0 Å². The topological polar surface area (TPSA) is 46.9 Å². The molecule has 0 bridgehead atoms. The predicted molar refractivity (Wildman–Crippen MR) is 72.0 cm³/mol. The zero-order chi connectivity index (χ0) is 15.0. The molecule has 0 spiro atoms. The molecule has 1 heterocycles. The van der Waals surface area contributed by atoms with E-state index < -0.39 is 17.5 Å². The number of nitrogens with zero attached hydrogens (tertiary/aromatic N) is 2. The summed E-state index contributed by atoms with van der Waals surface area (Å²) >= 11 is 5.76. The molecule has 0 radical (unpaired) electrons. The van der Waals surface area contributed by atoms with Gasteiger partial charge in [0, 0.05) is 7.05 Å².